The average molecular weight is 288 g/mol. The van der Waals surface area contributed by atoms with E-state index in [1.807, 2.05) is 13.0 Å². The third kappa shape index (κ3) is 2.32. The summed E-state index contributed by atoms with van der Waals surface area (Å²) in [6, 6.07) is 3.62. The summed E-state index contributed by atoms with van der Waals surface area (Å²) in [6.07, 6.45) is 4.61. The first-order valence-electron chi connectivity index (χ1n) is 6.16. The van der Waals surface area contributed by atoms with Crippen molar-refractivity contribution < 1.29 is 4.42 Å². The minimum Gasteiger partial charge on any atom is -0.467 e. The molecule has 0 N–H and O–H groups in total. The highest BCUT2D eigenvalue weighted by molar-refractivity contribution is 7.99. The summed E-state index contributed by atoms with van der Waals surface area (Å²) in [4.78, 5) is 25.1. The topological polar surface area (TPSA) is 73.8 Å². The smallest absolute Gasteiger partial charge is 0.282 e. The summed E-state index contributed by atoms with van der Waals surface area (Å²) in [5.74, 6) is 1.52. The second-order valence-corrected chi connectivity index (χ2v) is 5.26. The molecule has 3 heterocycles. The van der Waals surface area contributed by atoms with Gasteiger partial charge in [-0.2, -0.15) is 0 Å². The normalized spacial score (nSPS) is 11.1. The van der Waals surface area contributed by atoms with E-state index in [9.17, 15) is 4.79 Å². The highest BCUT2D eigenvalue weighted by Crippen LogP contribution is 2.16. The third-order valence-electron chi connectivity index (χ3n) is 2.73. The van der Waals surface area contributed by atoms with Crippen molar-refractivity contribution in [1.82, 2.24) is 19.5 Å². The van der Waals surface area contributed by atoms with Crippen LogP contribution >= 0.6 is 11.8 Å². The van der Waals surface area contributed by atoms with Gasteiger partial charge in [-0.25, -0.2) is 15.0 Å². The van der Waals surface area contributed by atoms with Crippen LogP contribution in [0.5, 0.6) is 0 Å². The Morgan fingerprint density at radius 1 is 1.35 bits per heavy atom. The molecule has 0 saturated carbocycles. The monoisotopic (exact) mass is 288 g/mol. The zero-order valence-corrected chi connectivity index (χ0v) is 11.6. The van der Waals surface area contributed by atoms with Crippen molar-refractivity contribution in [2.24, 2.45) is 0 Å². The molecule has 3 aromatic heterocycles. The highest BCUT2D eigenvalue weighted by Gasteiger charge is 2.13. The molecule has 7 heteroatoms. The molecule has 20 heavy (non-hydrogen) atoms. The van der Waals surface area contributed by atoms with Crippen molar-refractivity contribution in [3.63, 3.8) is 0 Å². The van der Waals surface area contributed by atoms with Gasteiger partial charge in [0.25, 0.3) is 5.56 Å². The van der Waals surface area contributed by atoms with Crippen LogP contribution in [-0.2, 0) is 6.54 Å². The van der Waals surface area contributed by atoms with Crippen molar-refractivity contribution in [2.75, 3.05) is 5.75 Å². The molecule has 0 aliphatic rings. The maximum Gasteiger partial charge on any atom is 0.282 e. The van der Waals surface area contributed by atoms with Gasteiger partial charge in [-0.1, -0.05) is 18.7 Å². The third-order valence-corrected chi connectivity index (χ3v) is 3.59. The minimum atomic E-state index is -0.199. The lowest BCUT2D eigenvalue weighted by Gasteiger charge is -2.10. The lowest BCUT2D eigenvalue weighted by molar-refractivity contribution is 0.476. The van der Waals surface area contributed by atoms with E-state index in [1.165, 1.54) is 24.2 Å². The van der Waals surface area contributed by atoms with Crippen LogP contribution < -0.4 is 5.56 Å². The SMILES string of the molecule is CCSc1nc2nccnc2c(=O)n1Cc1ccco1. The second-order valence-electron chi connectivity index (χ2n) is 4.03. The number of rotatable bonds is 4. The Labute approximate surface area is 118 Å². The van der Waals surface area contributed by atoms with Gasteiger partial charge in [-0.05, 0) is 17.9 Å². The minimum absolute atomic E-state index is 0.199. The molecule has 0 atom stereocenters. The van der Waals surface area contributed by atoms with E-state index in [1.54, 1.807) is 16.9 Å². The largest absolute Gasteiger partial charge is 0.467 e. The fraction of sp³-hybridized carbons (Fsp3) is 0.231. The molecule has 0 fully saturated rings. The Kier molecular flexibility index (Phi) is 3.51. The molecule has 0 aromatic carbocycles. The molecule has 6 nitrogen and oxygen atoms in total. The molecule has 0 radical (unpaired) electrons. The van der Waals surface area contributed by atoms with Gasteiger partial charge < -0.3 is 4.42 Å². The van der Waals surface area contributed by atoms with Crippen molar-refractivity contribution in [3.8, 4) is 0 Å². The molecule has 3 rings (SSSR count). The predicted molar refractivity (Wildman–Crippen MR) is 75.8 cm³/mol. The lowest BCUT2D eigenvalue weighted by Crippen LogP contribution is -2.24. The van der Waals surface area contributed by atoms with Gasteiger partial charge in [0.05, 0.1) is 12.8 Å². The number of thioether (sulfide) groups is 1. The molecule has 0 aliphatic heterocycles. The summed E-state index contributed by atoms with van der Waals surface area (Å²) < 4.78 is 6.88. The molecular weight excluding hydrogens is 276 g/mol. The number of aromatic nitrogens is 4. The standard InChI is InChI=1S/C13H12N4O2S/c1-2-20-13-16-11-10(14-5-6-15-11)12(18)17(13)8-9-4-3-7-19-9/h3-7H,2,8H2,1H3. The van der Waals surface area contributed by atoms with Gasteiger partial charge >= 0.3 is 0 Å². The summed E-state index contributed by atoms with van der Waals surface area (Å²) >= 11 is 1.50. The average Bonchev–Trinajstić information content (AvgIpc) is 2.96. The number of hydrogen-bond donors (Lipinski definition) is 0. The number of fused-ring (bicyclic) bond motifs is 1. The highest BCUT2D eigenvalue weighted by atomic mass is 32.2. The first kappa shape index (κ1) is 12.9. The number of nitrogens with zero attached hydrogens (tertiary/aromatic N) is 4. The van der Waals surface area contributed by atoms with Crippen LogP contribution in [0.15, 0.2) is 45.2 Å². The number of hydrogen-bond acceptors (Lipinski definition) is 6. The molecule has 0 amide bonds. The van der Waals surface area contributed by atoms with Gasteiger partial charge in [-0.15, -0.1) is 0 Å². The van der Waals surface area contributed by atoms with Gasteiger partial charge in [0.15, 0.2) is 16.3 Å². The van der Waals surface area contributed by atoms with E-state index in [0.717, 1.165) is 5.75 Å². The summed E-state index contributed by atoms with van der Waals surface area (Å²) in [7, 11) is 0. The van der Waals surface area contributed by atoms with Crippen molar-refractivity contribution >= 4 is 22.9 Å². The Balaban J connectivity index is 2.19. The maximum absolute atomic E-state index is 12.5. The van der Waals surface area contributed by atoms with Gasteiger partial charge in [0.1, 0.15) is 5.76 Å². The predicted octanol–water partition coefficient (Wildman–Crippen LogP) is 1.94. The van der Waals surface area contributed by atoms with Crippen molar-refractivity contribution in [1.29, 1.82) is 0 Å². The molecule has 0 saturated heterocycles. The van der Waals surface area contributed by atoms with E-state index in [0.29, 0.717) is 23.1 Å². The summed E-state index contributed by atoms with van der Waals surface area (Å²) in [6.45, 7) is 2.35. The van der Waals surface area contributed by atoms with Gasteiger partial charge in [0.2, 0.25) is 0 Å². The van der Waals surface area contributed by atoms with E-state index < -0.39 is 0 Å². The molecule has 0 unspecified atom stereocenters. The van der Waals surface area contributed by atoms with E-state index in [2.05, 4.69) is 15.0 Å². The second kappa shape index (κ2) is 5.46. The molecule has 0 spiro atoms. The lowest BCUT2D eigenvalue weighted by atomic mass is 10.4. The van der Waals surface area contributed by atoms with Crippen LogP contribution in [0, 0.1) is 0 Å². The maximum atomic E-state index is 12.5. The fourth-order valence-electron chi connectivity index (χ4n) is 1.87. The van der Waals surface area contributed by atoms with E-state index in [-0.39, 0.29) is 11.1 Å². The Morgan fingerprint density at radius 3 is 2.95 bits per heavy atom. The van der Waals surface area contributed by atoms with E-state index in [4.69, 9.17) is 4.42 Å². The summed E-state index contributed by atoms with van der Waals surface area (Å²) in [5, 5.41) is 0.627. The van der Waals surface area contributed by atoms with Crippen molar-refractivity contribution in [2.45, 2.75) is 18.6 Å². The fourth-order valence-corrected chi connectivity index (χ4v) is 2.58. The Morgan fingerprint density at radius 2 is 2.20 bits per heavy atom. The van der Waals surface area contributed by atoms with Crippen LogP contribution in [0.2, 0.25) is 0 Å². The quantitative estimate of drug-likeness (QED) is 0.539. The van der Waals surface area contributed by atoms with Crippen LogP contribution in [0.25, 0.3) is 11.2 Å². The molecular formula is C13H12N4O2S. The van der Waals surface area contributed by atoms with E-state index >= 15 is 0 Å². The number of furan rings is 1. The zero-order valence-electron chi connectivity index (χ0n) is 10.8. The van der Waals surface area contributed by atoms with Crippen LogP contribution in [0.1, 0.15) is 12.7 Å². The first-order valence-corrected chi connectivity index (χ1v) is 7.15. The molecule has 102 valence electrons. The Hall–Kier alpha value is -2.15. The van der Waals surface area contributed by atoms with Gasteiger partial charge in [0, 0.05) is 12.4 Å². The van der Waals surface area contributed by atoms with Crippen LogP contribution in [0.3, 0.4) is 0 Å². The first-order chi connectivity index (χ1) is 9.79. The van der Waals surface area contributed by atoms with Gasteiger partial charge in [-0.3, -0.25) is 9.36 Å². The molecule has 0 aliphatic carbocycles. The zero-order chi connectivity index (χ0) is 13.9. The van der Waals surface area contributed by atoms with Crippen LogP contribution in [0.4, 0.5) is 0 Å². The summed E-state index contributed by atoms with van der Waals surface area (Å²) in [5.41, 5.74) is 0.458. The Bertz CT molecular complexity index is 783. The van der Waals surface area contributed by atoms with Crippen LogP contribution in [-0.4, -0.2) is 25.3 Å². The molecule has 3 aromatic rings. The molecule has 0 bridgehead atoms. The van der Waals surface area contributed by atoms with Crippen molar-refractivity contribution in [3.05, 3.63) is 46.9 Å².